The Labute approximate surface area is 146 Å². The molecule has 3 heterocycles. The lowest BCUT2D eigenvalue weighted by molar-refractivity contribution is -0.137. The van der Waals surface area contributed by atoms with Gasteiger partial charge in [-0.3, -0.25) is 19.4 Å². The van der Waals surface area contributed by atoms with Crippen molar-refractivity contribution in [2.24, 2.45) is 0 Å². The van der Waals surface area contributed by atoms with Crippen LogP contribution in [0.5, 0.6) is 0 Å². The number of nitrogens with zero attached hydrogens (tertiary/aromatic N) is 3. The number of carbonyl (C=O) groups excluding carboxylic acids is 2. The molecule has 24 heavy (non-hydrogen) atoms. The summed E-state index contributed by atoms with van der Waals surface area (Å²) in [7, 11) is 0. The van der Waals surface area contributed by atoms with Crippen LogP contribution in [0.15, 0.2) is 10.7 Å². The maximum atomic E-state index is 12.5. The SMILES string of the molecule is O=C1C(Cl)=C(N2CCOCC2)C(=O)N1CC#CCN1CCOCC1. The van der Waals surface area contributed by atoms with Crippen molar-refractivity contribution in [3.8, 4) is 11.8 Å². The molecule has 2 saturated heterocycles. The van der Waals surface area contributed by atoms with E-state index in [0.29, 0.717) is 46.1 Å². The first-order chi connectivity index (χ1) is 11.7. The predicted molar refractivity (Wildman–Crippen MR) is 87.0 cm³/mol. The van der Waals surface area contributed by atoms with Gasteiger partial charge in [0, 0.05) is 26.2 Å². The number of amides is 2. The highest BCUT2D eigenvalue weighted by molar-refractivity contribution is 6.47. The van der Waals surface area contributed by atoms with Gasteiger partial charge in [-0.1, -0.05) is 23.4 Å². The summed E-state index contributed by atoms with van der Waals surface area (Å²) in [5.74, 6) is 5.08. The highest BCUT2D eigenvalue weighted by Crippen LogP contribution is 2.26. The molecule has 0 N–H and O–H groups in total. The van der Waals surface area contributed by atoms with Crippen LogP contribution in [0.2, 0.25) is 0 Å². The minimum Gasteiger partial charge on any atom is -0.379 e. The summed E-state index contributed by atoms with van der Waals surface area (Å²) in [6, 6.07) is 0. The molecule has 130 valence electrons. The van der Waals surface area contributed by atoms with Gasteiger partial charge in [-0.15, -0.1) is 0 Å². The van der Waals surface area contributed by atoms with Crippen LogP contribution in [0.4, 0.5) is 0 Å². The van der Waals surface area contributed by atoms with Gasteiger partial charge in [0.1, 0.15) is 10.7 Å². The summed E-state index contributed by atoms with van der Waals surface area (Å²) < 4.78 is 10.5. The minimum absolute atomic E-state index is 0.0168. The van der Waals surface area contributed by atoms with Crippen molar-refractivity contribution in [2.75, 3.05) is 65.7 Å². The fourth-order valence-corrected chi connectivity index (χ4v) is 3.10. The van der Waals surface area contributed by atoms with Gasteiger partial charge >= 0.3 is 0 Å². The highest BCUT2D eigenvalue weighted by Gasteiger charge is 2.40. The van der Waals surface area contributed by atoms with Crippen LogP contribution in [-0.4, -0.2) is 92.2 Å². The number of imide groups is 1. The van der Waals surface area contributed by atoms with Crippen molar-refractivity contribution in [1.82, 2.24) is 14.7 Å². The van der Waals surface area contributed by atoms with Crippen molar-refractivity contribution in [1.29, 1.82) is 0 Å². The first-order valence-corrected chi connectivity index (χ1v) is 8.41. The van der Waals surface area contributed by atoms with Crippen LogP contribution < -0.4 is 0 Å². The second-order valence-corrected chi connectivity index (χ2v) is 6.08. The molecule has 2 amide bonds. The van der Waals surface area contributed by atoms with E-state index >= 15 is 0 Å². The lowest BCUT2D eigenvalue weighted by Crippen LogP contribution is -2.40. The molecule has 0 atom stereocenters. The van der Waals surface area contributed by atoms with Crippen molar-refractivity contribution in [2.45, 2.75) is 0 Å². The molecule has 8 heteroatoms. The predicted octanol–water partition coefficient (Wildman–Crippen LogP) is -0.527. The van der Waals surface area contributed by atoms with E-state index in [0.717, 1.165) is 18.0 Å². The molecule has 3 aliphatic heterocycles. The molecule has 0 aliphatic carbocycles. The van der Waals surface area contributed by atoms with E-state index in [1.165, 1.54) is 0 Å². The molecule has 3 rings (SSSR count). The van der Waals surface area contributed by atoms with Crippen molar-refractivity contribution in [3.63, 3.8) is 0 Å². The largest absolute Gasteiger partial charge is 0.379 e. The maximum Gasteiger partial charge on any atom is 0.279 e. The van der Waals surface area contributed by atoms with Crippen molar-refractivity contribution >= 4 is 23.4 Å². The third-order valence-electron chi connectivity index (χ3n) is 4.18. The number of hydrogen-bond donors (Lipinski definition) is 0. The normalized spacial score (nSPS) is 22.9. The molecule has 7 nitrogen and oxygen atoms in total. The third kappa shape index (κ3) is 3.73. The smallest absolute Gasteiger partial charge is 0.279 e. The molecule has 3 aliphatic rings. The zero-order chi connectivity index (χ0) is 16.9. The second kappa shape index (κ2) is 7.99. The van der Waals surface area contributed by atoms with Crippen LogP contribution in [0.25, 0.3) is 0 Å². The molecule has 0 aromatic carbocycles. The van der Waals surface area contributed by atoms with E-state index in [9.17, 15) is 9.59 Å². The monoisotopic (exact) mass is 353 g/mol. The minimum atomic E-state index is -0.469. The Morgan fingerprint density at radius 2 is 1.46 bits per heavy atom. The number of rotatable bonds is 3. The fraction of sp³-hybridized carbons (Fsp3) is 0.625. The standard InChI is InChI=1S/C16H20ClN3O4/c17-13-14(19-7-11-24-12-8-19)16(22)20(15(13)21)4-2-1-3-18-5-9-23-10-6-18/h3-12H2. The van der Waals surface area contributed by atoms with Gasteiger partial charge in [0.05, 0.1) is 39.5 Å². The summed E-state index contributed by atoms with van der Waals surface area (Å²) in [4.78, 5) is 29.8. The van der Waals surface area contributed by atoms with E-state index in [1.807, 2.05) is 4.90 Å². The molecular formula is C16H20ClN3O4. The van der Waals surface area contributed by atoms with Gasteiger partial charge in [-0.2, -0.15) is 0 Å². The number of carbonyl (C=O) groups is 2. The number of morpholine rings is 2. The summed E-state index contributed by atoms with van der Waals surface area (Å²) in [5.41, 5.74) is 0.278. The summed E-state index contributed by atoms with van der Waals surface area (Å²) in [6.45, 7) is 5.96. The van der Waals surface area contributed by atoms with Crippen molar-refractivity contribution in [3.05, 3.63) is 10.7 Å². The van der Waals surface area contributed by atoms with E-state index in [-0.39, 0.29) is 23.2 Å². The van der Waals surface area contributed by atoms with Gasteiger partial charge in [0.2, 0.25) is 0 Å². The van der Waals surface area contributed by atoms with E-state index in [2.05, 4.69) is 16.7 Å². The summed E-state index contributed by atoms with van der Waals surface area (Å²) >= 11 is 6.10. The molecule has 0 radical (unpaired) electrons. The highest BCUT2D eigenvalue weighted by atomic mass is 35.5. The van der Waals surface area contributed by atoms with Crippen LogP contribution in [-0.2, 0) is 19.1 Å². The summed E-state index contributed by atoms with van der Waals surface area (Å²) in [6.07, 6.45) is 0. The molecule has 0 saturated carbocycles. The van der Waals surface area contributed by atoms with E-state index in [4.69, 9.17) is 21.1 Å². The molecule has 0 bridgehead atoms. The molecule has 0 aromatic heterocycles. The van der Waals surface area contributed by atoms with Gasteiger partial charge < -0.3 is 14.4 Å². The molecule has 0 unspecified atom stereocenters. The summed E-state index contributed by atoms with van der Waals surface area (Å²) in [5, 5.41) is -0.0168. The zero-order valence-electron chi connectivity index (χ0n) is 13.4. The Morgan fingerprint density at radius 3 is 2.12 bits per heavy atom. The topological polar surface area (TPSA) is 62.3 Å². The molecule has 0 aromatic rings. The van der Waals surface area contributed by atoms with Gasteiger partial charge in [0.15, 0.2) is 0 Å². The van der Waals surface area contributed by atoms with Crippen LogP contribution in [0.3, 0.4) is 0 Å². The quantitative estimate of drug-likeness (QED) is 0.502. The fourth-order valence-electron chi connectivity index (χ4n) is 2.80. The first kappa shape index (κ1) is 17.2. The van der Waals surface area contributed by atoms with Gasteiger partial charge in [-0.25, -0.2) is 0 Å². The Balaban J connectivity index is 1.57. The zero-order valence-corrected chi connectivity index (χ0v) is 14.2. The Hall–Kier alpha value is -1.59. The van der Waals surface area contributed by atoms with E-state index < -0.39 is 5.91 Å². The molecule has 0 spiro atoms. The Kier molecular flexibility index (Phi) is 5.74. The average molecular weight is 354 g/mol. The second-order valence-electron chi connectivity index (χ2n) is 5.70. The van der Waals surface area contributed by atoms with Crippen LogP contribution in [0.1, 0.15) is 0 Å². The number of hydrogen-bond acceptors (Lipinski definition) is 6. The lowest BCUT2D eigenvalue weighted by atomic mass is 10.3. The average Bonchev–Trinajstić information content (AvgIpc) is 2.83. The van der Waals surface area contributed by atoms with Gasteiger partial charge in [-0.05, 0) is 0 Å². The maximum absolute atomic E-state index is 12.5. The van der Waals surface area contributed by atoms with Crippen LogP contribution >= 0.6 is 11.6 Å². The molecular weight excluding hydrogens is 334 g/mol. The lowest BCUT2D eigenvalue weighted by Gasteiger charge is -2.29. The van der Waals surface area contributed by atoms with Crippen molar-refractivity contribution < 1.29 is 19.1 Å². The Morgan fingerprint density at radius 1 is 0.875 bits per heavy atom. The first-order valence-electron chi connectivity index (χ1n) is 8.03. The Bertz CT molecular complexity index is 598. The van der Waals surface area contributed by atoms with Crippen LogP contribution in [0, 0.1) is 11.8 Å². The molecule has 2 fully saturated rings. The number of ether oxygens (including phenoxy) is 2. The van der Waals surface area contributed by atoms with Gasteiger partial charge in [0.25, 0.3) is 11.8 Å². The number of halogens is 1. The third-order valence-corrected chi connectivity index (χ3v) is 4.53. The van der Waals surface area contributed by atoms with E-state index in [1.54, 1.807) is 0 Å².